The van der Waals surface area contributed by atoms with Crippen molar-refractivity contribution < 1.29 is 31.5 Å². The summed E-state index contributed by atoms with van der Waals surface area (Å²) in [6.07, 6.45) is 3.16. The van der Waals surface area contributed by atoms with E-state index in [1.54, 1.807) is 18.2 Å². The van der Waals surface area contributed by atoms with E-state index < -0.39 is 21.5 Å². The smallest absolute Gasteiger partial charge is 0.478 e. The summed E-state index contributed by atoms with van der Waals surface area (Å²) >= 11 is 0. The fourth-order valence-corrected chi connectivity index (χ4v) is 6.03. The van der Waals surface area contributed by atoms with Crippen LogP contribution in [0.5, 0.6) is 0 Å². The van der Waals surface area contributed by atoms with Crippen LogP contribution in [0.2, 0.25) is 0 Å². The van der Waals surface area contributed by atoms with Gasteiger partial charge >= 0.3 is 21.5 Å². The number of nitrogens with zero attached hydrogens (tertiary/aromatic N) is 1. The van der Waals surface area contributed by atoms with Gasteiger partial charge in [-0.1, -0.05) is 42.2 Å². The van der Waals surface area contributed by atoms with E-state index in [4.69, 9.17) is 0 Å². The number of aromatic amines is 1. The highest BCUT2D eigenvalue weighted by atomic mass is 32.2. The summed E-state index contributed by atoms with van der Waals surface area (Å²) in [7, 11) is -5.28. The van der Waals surface area contributed by atoms with Crippen molar-refractivity contribution in [2.45, 2.75) is 24.8 Å². The highest BCUT2D eigenvalue weighted by Crippen LogP contribution is 2.32. The second-order valence-electron chi connectivity index (χ2n) is 9.76. The molecule has 0 amide bonds. The van der Waals surface area contributed by atoms with Crippen molar-refractivity contribution >= 4 is 26.9 Å². The number of benzene rings is 3. The van der Waals surface area contributed by atoms with E-state index in [0.29, 0.717) is 34.7 Å². The number of fused-ring (bicyclic) bond motifs is 1. The topological polar surface area (TPSA) is 90.5 Å². The van der Waals surface area contributed by atoms with Crippen LogP contribution < -0.4 is 0 Å². The normalized spacial score (nSPS) is 15.1. The van der Waals surface area contributed by atoms with Crippen molar-refractivity contribution in [1.29, 1.82) is 0 Å². The van der Waals surface area contributed by atoms with Gasteiger partial charge in [0, 0.05) is 41.5 Å². The Kier molecular flexibility index (Phi) is 7.45. The standard InChI is InChI=1S/C30H25F3N2O4S/c31-30(32,33)40(38,39)35-16-13-22(14-17-35)18-21-6-4-20(5-7-21)8-9-24-2-1-3-26(29(36)37)28(24)25-11-10-23-12-15-34-27(23)19-25/h1-7,10-12,15,19,22,34H,13-14,16-18H2,(H,36,37). The lowest BCUT2D eigenvalue weighted by Crippen LogP contribution is -2.45. The maximum absolute atomic E-state index is 12.8. The average molecular weight is 567 g/mol. The molecule has 0 bridgehead atoms. The van der Waals surface area contributed by atoms with Crippen LogP contribution in [-0.4, -0.2) is 47.4 Å². The van der Waals surface area contributed by atoms with E-state index in [9.17, 15) is 31.5 Å². The fourth-order valence-electron chi connectivity index (χ4n) is 5.05. The molecule has 0 unspecified atom stereocenters. The third-order valence-corrected chi connectivity index (χ3v) is 8.79. The lowest BCUT2D eigenvalue weighted by atomic mass is 9.90. The number of sulfonamides is 1. The number of nitrogens with one attached hydrogen (secondary N) is 1. The van der Waals surface area contributed by atoms with Crippen LogP contribution >= 0.6 is 0 Å². The van der Waals surface area contributed by atoms with Gasteiger partial charge in [0.05, 0.1) is 5.56 Å². The van der Waals surface area contributed by atoms with E-state index in [0.717, 1.165) is 27.6 Å². The highest BCUT2D eigenvalue weighted by Gasteiger charge is 2.50. The molecule has 6 nitrogen and oxygen atoms in total. The van der Waals surface area contributed by atoms with Crippen LogP contribution in [0.1, 0.15) is 39.9 Å². The van der Waals surface area contributed by atoms with Gasteiger partial charge in [-0.2, -0.15) is 17.5 Å². The molecule has 10 heteroatoms. The Morgan fingerprint density at radius 3 is 2.40 bits per heavy atom. The van der Waals surface area contributed by atoms with Gasteiger partial charge in [0.1, 0.15) is 0 Å². The first-order chi connectivity index (χ1) is 19.0. The number of aromatic nitrogens is 1. The van der Waals surface area contributed by atoms with Crippen LogP contribution in [-0.2, 0) is 16.4 Å². The van der Waals surface area contributed by atoms with E-state index in [2.05, 4.69) is 16.8 Å². The molecule has 1 fully saturated rings. The molecule has 1 aliphatic heterocycles. The molecular formula is C30H25F3N2O4S. The Morgan fingerprint density at radius 2 is 1.73 bits per heavy atom. The summed E-state index contributed by atoms with van der Waals surface area (Å²) in [6, 6.07) is 20.1. The Morgan fingerprint density at radius 1 is 1.00 bits per heavy atom. The molecule has 0 aliphatic carbocycles. The van der Waals surface area contributed by atoms with Gasteiger partial charge in [0.2, 0.25) is 0 Å². The Labute approximate surface area is 229 Å². The third kappa shape index (κ3) is 5.62. The van der Waals surface area contributed by atoms with Crippen molar-refractivity contribution in [1.82, 2.24) is 9.29 Å². The van der Waals surface area contributed by atoms with Gasteiger partial charge in [-0.3, -0.25) is 0 Å². The average Bonchev–Trinajstić information content (AvgIpc) is 3.40. The first-order valence-electron chi connectivity index (χ1n) is 12.6. The molecule has 1 aliphatic rings. The summed E-state index contributed by atoms with van der Waals surface area (Å²) in [5.41, 5.74) is -0.673. The number of hydrogen-bond acceptors (Lipinski definition) is 3. The number of carboxylic acid groups (broad SMARTS) is 1. The highest BCUT2D eigenvalue weighted by molar-refractivity contribution is 7.90. The van der Waals surface area contributed by atoms with E-state index in [1.165, 1.54) is 0 Å². The molecule has 0 spiro atoms. The molecule has 5 rings (SSSR count). The predicted molar refractivity (Wildman–Crippen MR) is 146 cm³/mol. The van der Waals surface area contributed by atoms with Crippen LogP contribution in [0.3, 0.4) is 0 Å². The van der Waals surface area contributed by atoms with E-state index in [1.807, 2.05) is 54.7 Å². The molecule has 1 saturated heterocycles. The van der Waals surface area contributed by atoms with E-state index >= 15 is 0 Å². The number of hydrogen-bond donors (Lipinski definition) is 2. The van der Waals surface area contributed by atoms with Gasteiger partial charge in [0.15, 0.2) is 0 Å². The first-order valence-corrected chi connectivity index (χ1v) is 14.1. The van der Waals surface area contributed by atoms with Gasteiger partial charge in [0.25, 0.3) is 0 Å². The lowest BCUT2D eigenvalue weighted by Gasteiger charge is -2.31. The number of piperidine rings is 1. The minimum Gasteiger partial charge on any atom is -0.478 e. The number of alkyl halides is 3. The number of carboxylic acids is 1. The second kappa shape index (κ2) is 10.8. The van der Waals surface area contributed by atoms with Crippen molar-refractivity contribution in [3.8, 4) is 23.0 Å². The summed E-state index contributed by atoms with van der Waals surface area (Å²) in [6.45, 7) is -0.296. The molecule has 206 valence electrons. The van der Waals surface area contributed by atoms with Crippen LogP contribution in [0.4, 0.5) is 13.2 Å². The molecule has 2 N–H and O–H groups in total. The summed E-state index contributed by atoms with van der Waals surface area (Å²) < 4.78 is 62.2. The van der Waals surface area contributed by atoms with Gasteiger partial charge in [-0.05, 0) is 78.1 Å². The SMILES string of the molecule is O=C(O)c1cccc(C#Cc2ccc(CC3CCN(S(=O)(=O)C(F)(F)F)CC3)cc2)c1-c1ccc2cc[nH]c2c1. The van der Waals surface area contributed by atoms with Gasteiger partial charge in [-0.15, -0.1) is 0 Å². The number of H-pyrrole nitrogens is 1. The van der Waals surface area contributed by atoms with Crippen molar-refractivity contribution in [3.63, 3.8) is 0 Å². The Balaban J connectivity index is 1.31. The number of aromatic carboxylic acids is 1. The second-order valence-corrected chi connectivity index (χ2v) is 11.7. The molecule has 0 atom stereocenters. The quantitative estimate of drug-likeness (QED) is 0.289. The van der Waals surface area contributed by atoms with Crippen LogP contribution in [0.15, 0.2) is 72.9 Å². The Hall–Kier alpha value is -4.07. The molecule has 4 aromatic rings. The van der Waals surface area contributed by atoms with Gasteiger partial charge < -0.3 is 10.1 Å². The fraction of sp³-hybridized carbons (Fsp3) is 0.233. The molecule has 0 radical (unpaired) electrons. The molecule has 1 aromatic heterocycles. The zero-order valence-electron chi connectivity index (χ0n) is 21.2. The number of carbonyl (C=O) groups is 1. The van der Waals surface area contributed by atoms with Crippen molar-refractivity contribution in [3.05, 3.63) is 95.2 Å². The zero-order chi connectivity index (χ0) is 28.5. The molecule has 2 heterocycles. The minimum absolute atomic E-state index is 0.0787. The molecular weight excluding hydrogens is 541 g/mol. The van der Waals surface area contributed by atoms with Crippen molar-refractivity contribution in [2.24, 2.45) is 5.92 Å². The third-order valence-electron chi connectivity index (χ3n) is 7.16. The van der Waals surface area contributed by atoms with Crippen LogP contribution in [0.25, 0.3) is 22.0 Å². The van der Waals surface area contributed by atoms with Crippen molar-refractivity contribution in [2.75, 3.05) is 13.1 Å². The summed E-state index contributed by atoms with van der Waals surface area (Å²) in [5, 5.41) is 10.8. The van der Waals surface area contributed by atoms with E-state index in [-0.39, 0.29) is 24.6 Å². The summed E-state index contributed by atoms with van der Waals surface area (Å²) in [4.78, 5) is 15.2. The number of halogens is 3. The Bertz CT molecular complexity index is 1720. The molecule has 3 aromatic carbocycles. The molecule has 40 heavy (non-hydrogen) atoms. The predicted octanol–water partition coefficient (Wildman–Crippen LogP) is 6.04. The maximum Gasteiger partial charge on any atom is 0.511 e. The minimum atomic E-state index is -5.28. The lowest BCUT2D eigenvalue weighted by molar-refractivity contribution is -0.0496. The first kappa shape index (κ1) is 27.5. The zero-order valence-corrected chi connectivity index (χ0v) is 22.0. The largest absolute Gasteiger partial charge is 0.511 e. The van der Waals surface area contributed by atoms with Gasteiger partial charge in [-0.25, -0.2) is 13.2 Å². The monoisotopic (exact) mass is 566 g/mol. The summed E-state index contributed by atoms with van der Waals surface area (Å²) in [5.74, 6) is 5.26. The maximum atomic E-state index is 12.8. The van der Waals surface area contributed by atoms with Crippen LogP contribution in [0, 0.1) is 17.8 Å². The number of rotatable bonds is 5. The molecule has 0 saturated carbocycles.